The predicted molar refractivity (Wildman–Crippen MR) is 123 cm³/mol. The van der Waals surface area contributed by atoms with Crippen LogP contribution in [0.15, 0.2) is 47.4 Å². The first-order chi connectivity index (χ1) is 14.1. The van der Waals surface area contributed by atoms with Gasteiger partial charge in [0.05, 0.1) is 17.3 Å². The maximum absolute atomic E-state index is 10.8. The van der Waals surface area contributed by atoms with Crippen LogP contribution in [0.1, 0.15) is 36.8 Å². The third-order valence-corrected chi connectivity index (χ3v) is 8.80. The van der Waals surface area contributed by atoms with E-state index in [4.69, 9.17) is 16.3 Å². The van der Waals surface area contributed by atoms with Crippen molar-refractivity contribution in [3.8, 4) is 0 Å². The van der Waals surface area contributed by atoms with Crippen LogP contribution in [0, 0.1) is 0 Å². The highest BCUT2D eigenvalue weighted by molar-refractivity contribution is 8.16. The molecular weight excluding hydrogens is 424 g/mol. The Balaban J connectivity index is 1.25. The van der Waals surface area contributed by atoms with E-state index in [1.165, 1.54) is 10.5 Å². The molecule has 2 aliphatic rings. The molecule has 0 spiro atoms. The van der Waals surface area contributed by atoms with E-state index in [1.54, 1.807) is 0 Å². The lowest BCUT2D eigenvalue weighted by atomic mass is 10.0. The normalized spacial score (nSPS) is 22.4. The van der Waals surface area contributed by atoms with E-state index in [1.807, 2.05) is 54.0 Å². The largest absolute Gasteiger partial charge is 0.373 e. The quantitative estimate of drug-likeness (QED) is 0.430. The fourth-order valence-corrected chi connectivity index (χ4v) is 6.98. The highest BCUT2D eigenvalue weighted by Crippen LogP contribution is 2.51. The van der Waals surface area contributed by atoms with Crippen LogP contribution in [0.5, 0.6) is 0 Å². The summed E-state index contributed by atoms with van der Waals surface area (Å²) in [6, 6.07) is 14.0. The van der Waals surface area contributed by atoms with Crippen LogP contribution in [0.25, 0.3) is 0 Å². The molecule has 4 rings (SSSR count). The Labute approximate surface area is 185 Å². The predicted octanol–water partition coefficient (Wildman–Crippen LogP) is 5.77. The molecule has 1 fully saturated rings. The molecule has 154 valence electrons. The van der Waals surface area contributed by atoms with E-state index >= 15 is 0 Å². The molecule has 2 aromatic rings. The average molecular weight is 449 g/mol. The van der Waals surface area contributed by atoms with Gasteiger partial charge < -0.3 is 10.1 Å². The summed E-state index contributed by atoms with van der Waals surface area (Å²) in [6.07, 6.45) is 3.03. The molecule has 29 heavy (non-hydrogen) atoms. The van der Waals surface area contributed by atoms with Crippen molar-refractivity contribution in [2.24, 2.45) is 0 Å². The van der Waals surface area contributed by atoms with Gasteiger partial charge in [-0.1, -0.05) is 48.7 Å². The number of thioether (sulfide) groups is 1. The molecule has 2 unspecified atom stereocenters. The number of carbonyl (C=O) groups excluding carboxylic acids is 1. The lowest BCUT2D eigenvalue weighted by molar-refractivity contribution is -0.105. The molecule has 2 aliphatic heterocycles. The van der Waals surface area contributed by atoms with Crippen LogP contribution in [-0.4, -0.2) is 34.5 Å². The van der Waals surface area contributed by atoms with Crippen LogP contribution in [0.4, 0.5) is 5.69 Å². The summed E-state index contributed by atoms with van der Waals surface area (Å²) < 4.78 is 9.14. The molecule has 2 heterocycles. The van der Waals surface area contributed by atoms with Gasteiger partial charge in [0.2, 0.25) is 6.41 Å². The number of ether oxygens (including phenoxy) is 1. The topological polar surface area (TPSA) is 41.6 Å². The molecule has 4 nitrogen and oxygen atoms in total. The maximum atomic E-state index is 10.8. The van der Waals surface area contributed by atoms with E-state index in [2.05, 4.69) is 28.7 Å². The van der Waals surface area contributed by atoms with Crippen LogP contribution in [0.2, 0.25) is 5.02 Å². The number of hydrogen-bond donors (Lipinski definition) is 1. The summed E-state index contributed by atoms with van der Waals surface area (Å²) in [4.78, 5) is 12.1. The average Bonchev–Trinajstić information content (AvgIpc) is 3.04. The molecule has 0 radical (unpaired) electrons. The monoisotopic (exact) mass is 448 g/mol. The number of fused-ring (bicyclic) bond motifs is 1. The SMILES string of the molecule is CC1c2cc(Cl)ccc2SC1SN1CCC(OCc2ccccc2NC=O)CC1. The number of halogens is 1. The van der Waals surface area contributed by atoms with Gasteiger partial charge in [0.15, 0.2) is 0 Å². The van der Waals surface area contributed by atoms with E-state index < -0.39 is 0 Å². The van der Waals surface area contributed by atoms with Gasteiger partial charge in [0, 0.05) is 40.2 Å². The molecule has 2 atom stereocenters. The number of rotatable bonds is 7. The minimum atomic E-state index is 0.265. The van der Waals surface area contributed by atoms with Crippen molar-refractivity contribution in [1.82, 2.24) is 4.31 Å². The van der Waals surface area contributed by atoms with Crippen molar-refractivity contribution in [3.63, 3.8) is 0 Å². The number of piperidine rings is 1. The first-order valence-corrected chi connectivity index (χ1v) is 12.0. The standard InChI is InChI=1S/C22H25ClN2O2S2/c1-15-19-12-17(23)6-7-21(19)28-22(15)29-25-10-8-18(9-11-25)27-13-16-4-2-3-5-20(16)24-14-26/h2-7,12,14-15,18,22H,8-11,13H2,1H3,(H,24,26). The highest BCUT2D eigenvalue weighted by atomic mass is 35.5. The second-order valence-electron chi connectivity index (χ2n) is 7.42. The number of amides is 1. The number of nitrogens with one attached hydrogen (secondary N) is 1. The number of nitrogens with zero attached hydrogens (tertiary/aromatic N) is 1. The minimum Gasteiger partial charge on any atom is -0.373 e. The molecule has 1 amide bonds. The molecule has 0 aromatic heterocycles. The molecule has 0 aliphatic carbocycles. The van der Waals surface area contributed by atoms with Crippen LogP contribution < -0.4 is 5.32 Å². The Hall–Kier alpha value is -1.18. The molecule has 1 N–H and O–H groups in total. The summed E-state index contributed by atoms with van der Waals surface area (Å²) in [6.45, 7) is 4.89. The molecule has 0 bridgehead atoms. The summed E-state index contributed by atoms with van der Waals surface area (Å²) >= 11 is 10.1. The molecule has 2 aromatic carbocycles. The number of carbonyl (C=O) groups is 1. The van der Waals surface area contributed by atoms with Gasteiger partial charge in [-0.3, -0.25) is 4.79 Å². The van der Waals surface area contributed by atoms with E-state index in [-0.39, 0.29) is 6.10 Å². The first kappa shape index (κ1) is 21.1. The Morgan fingerprint density at radius 2 is 2.07 bits per heavy atom. The van der Waals surface area contributed by atoms with Crippen LogP contribution >= 0.6 is 35.3 Å². The van der Waals surface area contributed by atoms with Crippen molar-refractivity contribution in [2.45, 2.75) is 47.9 Å². The van der Waals surface area contributed by atoms with Gasteiger partial charge in [-0.2, -0.15) is 0 Å². The zero-order valence-corrected chi connectivity index (χ0v) is 18.7. The van der Waals surface area contributed by atoms with Crippen molar-refractivity contribution in [1.29, 1.82) is 0 Å². The van der Waals surface area contributed by atoms with Crippen molar-refractivity contribution in [2.75, 3.05) is 18.4 Å². The van der Waals surface area contributed by atoms with Gasteiger partial charge in [-0.25, -0.2) is 4.31 Å². The van der Waals surface area contributed by atoms with Gasteiger partial charge >= 0.3 is 0 Å². The van der Waals surface area contributed by atoms with E-state index in [9.17, 15) is 4.79 Å². The Morgan fingerprint density at radius 3 is 2.86 bits per heavy atom. The molecule has 7 heteroatoms. The number of hydrogen-bond acceptors (Lipinski definition) is 5. The minimum absolute atomic E-state index is 0.265. The van der Waals surface area contributed by atoms with Crippen molar-refractivity contribution >= 4 is 47.4 Å². The zero-order valence-electron chi connectivity index (χ0n) is 16.3. The van der Waals surface area contributed by atoms with E-state index in [0.717, 1.165) is 42.2 Å². The maximum Gasteiger partial charge on any atom is 0.211 e. The fraction of sp³-hybridized carbons (Fsp3) is 0.409. The summed E-state index contributed by atoms with van der Waals surface area (Å²) in [7, 11) is 0. The smallest absolute Gasteiger partial charge is 0.211 e. The molecule has 0 saturated carbocycles. The summed E-state index contributed by atoms with van der Waals surface area (Å²) in [5.74, 6) is 0.495. The van der Waals surface area contributed by atoms with Gasteiger partial charge in [0.25, 0.3) is 0 Å². The first-order valence-electron chi connectivity index (χ1n) is 9.91. The van der Waals surface area contributed by atoms with Crippen molar-refractivity contribution < 1.29 is 9.53 Å². The van der Waals surface area contributed by atoms with E-state index in [0.29, 0.717) is 23.5 Å². The van der Waals surface area contributed by atoms with Gasteiger partial charge in [0.1, 0.15) is 0 Å². The number of anilines is 1. The Kier molecular flexibility index (Phi) is 7.08. The Morgan fingerprint density at radius 1 is 1.28 bits per heavy atom. The van der Waals surface area contributed by atoms with Gasteiger partial charge in [-0.15, -0.1) is 11.8 Å². The second kappa shape index (κ2) is 9.75. The van der Waals surface area contributed by atoms with Crippen LogP contribution in [0.3, 0.4) is 0 Å². The van der Waals surface area contributed by atoms with Crippen molar-refractivity contribution in [3.05, 3.63) is 58.6 Å². The third kappa shape index (κ3) is 5.12. The summed E-state index contributed by atoms with van der Waals surface area (Å²) in [5.41, 5.74) is 3.22. The second-order valence-corrected chi connectivity index (χ2v) is 10.6. The Bertz CT molecular complexity index is 858. The lowest BCUT2D eigenvalue weighted by Gasteiger charge is -2.33. The lowest BCUT2D eigenvalue weighted by Crippen LogP contribution is -2.34. The number of benzene rings is 2. The van der Waals surface area contributed by atoms with Gasteiger partial charge in [-0.05, 0) is 42.7 Å². The highest BCUT2D eigenvalue weighted by Gasteiger charge is 2.33. The molecule has 1 saturated heterocycles. The zero-order chi connectivity index (χ0) is 20.2. The third-order valence-electron chi connectivity index (χ3n) is 5.47. The van der Waals surface area contributed by atoms with Crippen LogP contribution in [-0.2, 0) is 16.1 Å². The fourth-order valence-electron chi connectivity index (χ4n) is 3.78. The summed E-state index contributed by atoms with van der Waals surface area (Å²) in [5, 5.41) is 3.57. The molecular formula is C22H25ClN2O2S2. The number of para-hydroxylation sites is 1.